The molecule has 0 nitrogen and oxygen atoms in total. The van der Waals surface area contributed by atoms with Crippen LogP contribution < -0.4 is 0 Å². The predicted molar refractivity (Wildman–Crippen MR) is 296 cm³/mol. The van der Waals surface area contributed by atoms with Crippen molar-refractivity contribution in [3.05, 3.63) is 255 Å². The van der Waals surface area contributed by atoms with Gasteiger partial charge in [0.1, 0.15) is 0 Å². The Morgan fingerprint density at radius 3 is 0.721 bits per heavy atom. The van der Waals surface area contributed by atoms with Gasteiger partial charge in [0.2, 0.25) is 0 Å². The Morgan fingerprint density at radius 2 is 0.382 bits per heavy atom. The van der Waals surface area contributed by atoms with Gasteiger partial charge in [0.15, 0.2) is 0 Å². The molecular weight excluding hydrogens is 857 g/mol. The van der Waals surface area contributed by atoms with Crippen LogP contribution in [0.2, 0.25) is 0 Å². The molecule has 0 saturated heterocycles. The molecule has 13 rings (SSSR count). The number of hydrogen-bond donors (Lipinski definition) is 0. The van der Waals surface area contributed by atoms with Crippen LogP contribution in [0.4, 0.5) is 0 Å². The third-order valence-corrected chi connectivity index (χ3v) is 15.8. The Morgan fingerprint density at radius 1 is 0.147 bits per heavy atom. The molecule has 2 heteroatoms. The minimum absolute atomic E-state index is 1.18. The summed E-state index contributed by atoms with van der Waals surface area (Å²) in [5, 5.41) is 5.27. The summed E-state index contributed by atoms with van der Waals surface area (Å²) in [6, 6.07) is 94.1. The summed E-state index contributed by atoms with van der Waals surface area (Å²) in [4.78, 5) is 0. The second-order valence-electron chi connectivity index (χ2n) is 17.7. The van der Waals surface area contributed by atoms with Crippen molar-refractivity contribution in [2.24, 2.45) is 0 Å². The molecule has 0 radical (unpaired) electrons. The van der Waals surface area contributed by atoms with E-state index in [1.807, 2.05) is 22.7 Å². The molecule has 68 heavy (non-hydrogen) atoms. The molecule has 2 heterocycles. The number of hydrogen-bond acceptors (Lipinski definition) is 2. The standard InChI is InChI=1S/C66H42S2/c1-3-11-43(12-4-1)45-19-23-47(24-20-45)53-35-55(39-57(37-53)51-31-33-61-59-15-7-9-17-63(59)67-65(61)41-51)49-27-29-50(30-28-49)56-36-54(48-25-21-46(22-26-48)44-13-5-2-6-14-44)38-58(40-56)52-32-34-62-60-16-8-10-18-64(60)68-66(62)42-52/h1-42H. The predicted octanol–water partition coefficient (Wildman–Crippen LogP) is 19.8. The molecule has 0 spiro atoms. The van der Waals surface area contributed by atoms with E-state index in [0.717, 1.165) is 0 Å². The molecule has 13 aromatic rings. The summed E-state index contributed by atoms with van der Waals surface area (Å²) in [6.45, 7) is 0. The number of thiophene rings is 2. The first-order chi connectivity index (χ1) is 33.6. The largest absolute Gasteiger partial charge is 0.135 e. The molecule has 0 unspecified atom stereocenters. The molecule has 318 valence electrons. The smallest absolute Gasteiger partial charge is 0.0361 e. The maximum Gasteiger partial charge on any atom is 0.0361 e. The van der Waals surface area contributed by atoms with Crippen molar-refractivity contribution < 1.29 is 0 Å². The van der Waals surface area contributed by atoms with E-state index in [-0.39, 0.29) is 0 Å². The van der Waals surface area contributed by atoms with Crippen molar-refractivity contribution >= 4 is 63.0 Å². The second kappa shape index (κ2) is 16.9. The highest BCUT2D eigenvalue weighted by atomic mass is 32.1. The van der Waals surface area contributed by atoms with Crippen LogP contribution in [0.15, 0.2) is 255 Å². The van der Waals surface area contributed by atoms with Crippen LogP contribution in [-0.2, 0) is 0 Å². The Labute approximate surface area is 404 Å². The van der Waals surface area contributed by atoms with Gasteiger partial charge in [0.25, 0.3) is 0 Å². The zero-order chi connectivity index (χ0) is 45.0. The van der Waals surface area contributed by atoms with Gasteiger partial charge in [-0.1, -0.05) is 194 Å². The minimum atomic E-state index is 1.18. The zero-order valence-electron chi connectivity index (χ0n) is 37.1. The van der Waals surface area contributed by atoms with Crippen molar-refractivity contribution in [1.82, 2.24) is 0 Å². The fourth-order valence-electron chi connectivity index (χ4n) is 9.89. The molecule has 0 aliphatic rings. The third-order valence-electron chi connectivity index (χ3n) is 13.5. The Bertz CT molecular complexity index is 3710. The quantitative estimate of drug-likeness (QED) is 0.143. The van der Waals surface area contributed by atoms with Crippen LogP contribution >= 0.6 is 22.7 Å². The number of rotatable bonds is 8. The van der Waals surface area contributed by atoms with Crippen LogP contribution in [0.25, 0.3) is 129 Å². The van der Waals surface area contributed by atoms with Crippen molar-refractivity contribution in [1.29, 1.82) is 0 Å². The van der Waals surface area contributed by atoms with E-state index < -0.39 is 0 Å². The van der Waals surface area contributed by atoms with Crippen molar-refractivity contribution in [2.45, 2.75) is 0 Å². The molecule has 0 N–H and O–H groups in total. The Hall–Kier alpha value is -8.14. The van der Waals surface area contributed by atoms with Crippen molar-refractivity contribution in [3.8, 4) is 89.0 Å². The van der Waals surface area contributed by atoms with Gasteiger partial charge in [-0.05, 0) is 150 Å². The van der Waals surface area contributed by atoms with Gasteiger partial charge in [-0.3, -0.25) is 0 Å². The number of fused-ring (bicyclic) bond motifs is 6. The Kier molecular flexibility index (Phi) is 10.0. The summed E-state index contributed by atoms with van der Waals surface area (Å²) in [6.07, 6.45) is 0. The Balaban J connectivity index is 0.905. The van der Waals surface area contributed by atoms with Crippen molar-refractivity contribution in [2.75, 3.05) is 0 Å². The lowest BCUT2D eigenvalue weighted by Gasteiger charge is -2.14. The van der Waals surface area contributed by atoms with Gasteiger partial charge in [0, 0.05) is 40.3 Å². The van der Waals surface area contributed by atoms with E-state index in [1.165, 1.54) is 129 Å². The van der Waals surface area contributed by atoms with Crippen LogP contribution in [0.3, 0.4) is 0 Å². The monoisotopic (exact) mass is 898 g/mol. The average Bonchev–Trinajstić information content (AvgIpc) is 3.99. The maximum atomic E-state index is 2.38. The van der Waals surface area contributed by atoms with E-state index in [0.29, 0.717) is 0 Å². The third kappa shape index (κ3) is 7.51. The first kappa shape index (κ1) is 40.2. The van der Waals surface area contributed by atoms with E-state index in [1.54, 1.807) is 0 Å². The highest BCUT2D eigenvalue weighted by Crippen LogP contribution is 2.42. The molecule has 2 aromatic heterocycles. The molecule has 0 atom stereocenters. The maximum absolute atomic E-state index is 2.38. The van der Waals surface area contributed by atoms with E-state index in [9.17, 15) is 0 Å². The molecule has 0 amide bonds. The lowest BCUT2D eigenvalue weighted by atomic mass is 9.90. The van der Waals surface area contributed by atoms with E-state index in [2.05, 4.69) is 255 Å². The summed E-state index contributed by atoms with van der Waals surface area (Å²) in [5.74, 6) is 0. The lowest BCUT2D eigenvalue weighted by molar-refractivity contribution is 1.55. The number of benzene rings is 11. The molecule has 11 aromatic carbocycles. The van der Waals surface area contributed by atoms with Crippen LogP contribution in [0.1, 0.15) is 0 Å². The van der Waals surface area contributed by atoms with Crippen molar-refractivity contribution in [3.63, 3.8) is 0 Å². The van der Waals surface area contributed by atoms with Gasteiger partial charge in [-0.25, -0.2) is 0 Å². The summed E-state index contributed by atoms with van der Waals surface area (Å²) in [7, 11) is 0. The summed E-state index contributed by atoms with van der Waals surface area (Å²) < 4.78 is 5.27. The van der Waals surface area contributed by atoms with Gasteiger partial charge >= 0.3 is 0 Å². The van der Waals surface area contributed by atoms with Gasteiger partial charge in [-0.2, -0.15) is 0 Å². The summed E-state index contributed by atoms with van der Waals surface area (Å²) >= 11 is 3.74. The topological polar surface area (TPSA) is 0 Å². The highest BCUT2D eigenvalue weighted by molar-refractivity contribution is 7.26. The molecule has 0 saturated carbocycles. The van der Waals surface area contributed by atoms with Crippen LogP contribution in [-0.4, -0.2) is 0 Å². The molecule has 0 aliphatic heterocycles. The van der Waals surface area contributed by atoms with E-state index in [4.69, 9.17) is 0 Å². The molecule has 0 aliphatic carbocycles. The fourth-order valence-corrected chi connectivity index (χ4v) is 12.2. The van der Waals surface area contributed by atoms with Gasteiger partial charge in [0.05, 0.1) is 0 Å². The lowest BCUT2D eigenvalue weighted by Crippen LogP contribution is -1.88. The molecular formula is C66H42S2. The normalized spacial score (nSPS) is 11.5. The zero-order valence-corrected chi connectivity index (χ0v) is 38.7. The van der Waals surface area contributed by atoms with Crippen LogP contribution in [0, 0.1) is 0 Å². The second-order valence-corrected chi connectivity index (χ2v) is 19.8. The molecule has 0 bridgehead atoms. The average molecular weight is 899 g/mol. The minimum Gasteiger partial charge on any atom is -0.135 e. The fraction of sp³-hybridized carbons (Fsp3) is 0. The van der Waals surface area contributed by atoms with Gasteiger partial charge < -0.3 is 0 Å². The highest BCUT2D eigenvalue weighted by Gasteiger charge is 2.14. The summed E-state index contributed by atoms with van der Waals surface area (Å²) in [5.41, 5.74) is 19.3. The van der Waals surface area contributed by atoms with E-state index >= 15 is 0 Å². The molecule has 0 fully saturated rings. The van der Waals surface area contributed by atoms with Crippen LogP contribution in [0.5, 0.6) is 0 Å². The van der Waals surface area contributed by atoms with Gasteiger partial charge in [-0.15, -0.1) is 22.7 Å². The first-order valence-corrected chi connectivity index (χ1v) is 24.8. The first-order valence-electron chi connectivity index (χ1n) is 23.2. The SMILES string of the molecule is c1ccc(-c2ccc(-c3cc(-c4ccc(-c5cc(-c6ccc(-c7ccccc7)cc6)cc(-c6ccc7c(c6)sc6ccccc67)c5)cc4)cc(-c4ccc5c(c4)sc4ccccc45)c3)cc2)cc1.